The van der Waals surface area contributed by atoms with Crippen LogP contribution in [0.4, 0.5) is 17.5 Å². The highest BCUT2D eigenvalue weighted by Gasteiger charge is 2.13. The molecule has 1 fully saturated rings. The van der Waals surface area contributed by atoms with Gasteiger partial charge in [0.2, 0.25) is 5.95 Å². The smallest absolute Gasteiger partial charge is 0.229 e. The normalized spacial score (nSPS) is 15.0. The first-order chi connectivity index (χ1) is 10.2. The molecule has 110 valence electrons. The summed E-state index contributed by atoms with van der Waals surface area (Å²) in [6, 6.07) is 8.24. The van der Waals surface area contributed by atoms with Crippen LogP contribution in [0.1, 0.15) is 30.4 Å². The van der Waals surface area contributed by atoms with Crippen molar-refractivity contribution in [2.75, 3.05) is 23.3 Å². The van der Waals surface area contributed by atoms with E-state index in [0.29, 0.717) is 5.95 Å². The lowest BCUT2D eigenvalue weighted by Crippen LogP contribution is -2.30. The van der Waals surface area contributed by atoms with Crippen LogP contribution < -0.4 is 10.2 Å². The van der Waals surface area contributed by atoms with E-state index < -0.39 is 0 Å². The molecule has 1 aromatic carbocycles. The fourth-order valence-corrected chi connectivity index (χ4v) is 2.72. The summed E-state index contributed by atoms with van der Waals surface area (Å²) < 4.78 is 0. The van der Waals surface area contributed by atoms with Crippen molar-refractivity contribution < 1.29 is 0 Å². The second kappa shape index (κ2) is 6.12. The van der Waals surface area contributed by atoms with Gasteiger partial charge in [-0.2, -0.15) is 4.98 Å². The quantitative estimate of drug-likeness (QED) is 0.929. The highest BCUT2D eigenvalue weighted by atomic mass is 15.2. The van der Waals surface area contributed by atoms with E-state index in [1.165, 1.54) is 30.4 Å². The van der Waals surface area contributed by atoms with Crippen molar-refractivity contribution in [3.63, 3.8) is 0 Å². The molecule has 1 aromatic heterocycles. The average molecular weight is 282 g/mol. The van der Waals surface area contributed by atoms with E-state index in [2.05, 4.69) is 52.2 Å². The maximum Gasteiger partial charge on any atom is 0.229 e. The van der Waals surface area contributed by atoms with E-state index >= 15 is 0 Å². The Balaban J connectivity index is 1.81. The summed E-state index contributed by atoms with van der Waals surface area (Å²) in [5.74, 6) is 1.70. The minimum atomic E-state index is 0.673. The third kappa shape index (κ3) is 3.15. The van der Waals surface area contributed by atoms with Crippen molar-refractivity contribution in [3.05, 3.63) is 41.6 Å². The Bertz CT molecular complexity index is 618. The fraction of sp³-hybridized carbons (Fsp3) is 0.412. The zero-order valence-electron chi connectivity index (χ0n) is 12.8. The van der Waals surface area contributed by atoms with Crippen LogP contribution in [0.15, 0.2) is 30.5 Å². The lowest BCUT2D eigenvalue weighted by molar-refractivity contribution is 0.573. The summed E-state index contributed by atoms with van der Waals surface area (Å²) in [7, 11) is 0. The van der Waals surface area contributed by atoms with E-state index in [1.807, 2.05) is 12.3 Å². The van der Waals surface area contributed by atoms with Gasteiger partial charge in [-0.3, -0.25) is 0 Å². The van der Waals surface area contributed by atoms with Gasteiger partial charge < -0.3 is 10.2 Å². The molecule has 1 aliphatic rings. The summed E-state index contributed by atoms with van der Waals surface area (Å²) in [6.07, 6.45) is 5.67. The molecule has 0 radical (unpaired) electrons. The summed E-state index contributed by atoms with van der Waals surface area (Å²) >= 11 is 0. The van der Waals surface area contributed by atoms with E-state index in [-0.39, 0.29) is 0 Å². The Morgan fingerprint density at radius 2 is 1.86 bits per heavy atom. The molecule has 0 unspecified atom stereocenters. The van der Waals surface area contributed by atoms with Crippen LogP contribution in [0.2, 0.25) is 0 Å². The Labute approximate surface area is 126 Å². The number of nitrogens with zero attached hydrogens (tertiary/aromatic N) is 3. The number of hydrogen-bond donors (Lipinski definition) is 1. The first-order valence-corrected chi connectivity index (χ1v) is 7.65. The van der Waals surface area contributed by atoms with Gasteiger partial charge in [0.1, 0.15) is 5.82 Å². The number of benzene rings is 1. The molecular formula is C17H22N4. The maximum absolute atomic E-state index is 4.67. The van der Waals surface area contributed by atoms with Crippen LogP contribution in [0.3, 0.4) is 0 Å². The lowest BCUT2D eigenvalue weighted by Gasteiger charge is -2.27. The standard InChI is InChI=1S/C17H22N4/c1-13-7-6-8-15(14(13)2)19-17-18-10-9-16(20-17)21-11-4-3-5-12-21/h6-10H,3-5,11-12H2,1-2H3,(H,18,19,20). The predicted octanol–water partition coefficient (Wildman–Crippen LogP) is 3.83. The van der Waals surface area contributed by atoms with E-state index in [4.69, 9.17) is 0 Å². The number of rotatable bonds is 3. The maximum atomic E-state index is 4.67. The van der Waals surface area contributed by atoms with Crippen molar-refractivity contribution in [2.24, 2.45) is 0 Å². The summed E-state index contributed by atoms with van der Waals surface area (Å²) in [5.41, 5.74) is 3.59. The third-order valence-electron chi connectivity index (χ3n) is 4.17. The molecule has 0 aliphatic carbocycles. The molecule has 4 nitrogen and oxygen atoms in total. The Hall–Kier alpha value is -2.10. The summed E-state index contributed by atoms with van der Waals surface area (Å²) in [5, 5.41) is 3.34. The molecular weight excluding hydrogens is 260 g/mol. The molecule has 0 saturated carbocycles. The number of aromatic nitrogens is 2. The monoisotopic (exact) mass is 282 g/mol. The first-order valence-electron chi connectivity index (χ1n) is 7.65. The molecule has 2 aromatic rings. The highest BCUT2D eigenvalue weighted by Crippen LogP contribution is 2.23. The van der Waals surface area contributed by atoms with Crippen molar-refractivity contribution >= 4 is 17.5 Å². The highest BCUT2D eigenvalue weighted by molar-refractivity contribution is 5.61. The van der Waals surface area contributed by atoms with Gasteiger partial charge in [0, 0.05) is 25.0 Å². The Morgan fingerprint density at radius 3 is 2.67 bits per heavy atom. The van der Waals surface area contributed by atoms with Crippen LogP contribution in [0.5, 0.6) is 0 Å². The molecule has 2 heterocycles. The molecule has 0 amide bonds. The fourth-order valence-electron chi connectivity index (χ4n) is 2.72. The van der Waals surface area contributed by atoms with Crippen LogP contribution in [0, 0.1) is 13.8 Å². The molecule has 21 heavy (non-hydrogen) atoms. The van der Waals surface area contributed by atoms with Gasteiger partial charge in [0.05, 0.1) is 0 Å². The molecule has 4 heteroatoms. The van der Waals surface area contributed by atoms with Gasteiger partial charge in [0.25, 0.3) is 0 Å². The zero-order valence-corrected chi connectivity index (χ0v) is 12.8. The number of nitrogens with one attached hydrogen (secondary N) is 1. The van der Waals surface area contributed by atoms with Gasteiger partial charge in [-0.15, -0.1) is 0 Å². The summed E-state index contributed by atoms with van der Waals surface area (Å²) in [6.45, 7) is 6.43. The van der Waals surface area contributed by atoms with E-state index in [0.717, 1.165) is 24.6 Å². The van der Waals surface area contributed by atoms with Crippen molar-refractivity contribution in [1.29, 1.82) is 0 Å². The minimum absolute atomic E-state index is 0.673. The van der Waals surface area contributed by atoms with Gasteiger partial charge in [-0.25, -0.2) is 4.98 Å². The SMILES string of the molecule is Cc1cccc(Nc2nccc(N3CCCCC3)n2)c1C. The Morgan fingerprint density at radius 1 is 1.05 bits per heavy atom. The molecule has 3 rings (SSSR count). The molecule has 0 atom stereocenters. The molecule has 1 saturated heterocycles. The van der Waals surface area contributed by atoms with Gasteiger partial charge in [-0.05, 0) is 56.4 Å². The molecule has 1 aliphatic heterocycles. The van der Waals surface area contributed by atoms with E-state index in [9.17, 15) is 0 Å². The Kier molecular flexibility index (Phi) is 4.04. The van der Waals surface area contributed by atoms with Crippen LogP contribution in [-0.2, 0) is 0 Å². The number of hydrogen-bond acceptors (Lipinski definition) is 4. The summed E-state index contributed by atoms with van der Waals surface area (Å²) in [4.78, 5) is 11.4. The number of piperidine rings is 1. The molecule has 0 spiro atoms. The van der Waals surface area contributed by atoms with Crippen molar-refractivity contribution in [1.82, 2.24) is 9.97 Å². The van der Waals surface area contributed by atoms with Gasteiger partial charge in [0.15, 0.2) is 0 Å². The van der Waals surface area contributed by atoms with E-state index in [1.54, 1.807) is 0 Å². The van der Waals surface area contributed by atoms with Crippen LogP contribution in [-0.4, -0.2) is 23.1 Å². The molecule has 1 N–H and O–H groups in total. The zero-order chi connectivity index (χ0) is 14.7. The second-order valence-electron chi connectivity index (χ2n) is 5.66. The predicted molar refractivity (Wildman–Crippen MR) is 87.3 cm³/mol. The van der Waals surface area contributed by atoms with Crippen molar-refractivity contribution in [3.8, 4) is 0 Å². The second-order valence-corrected chi connectivity index (χ2v) is 5.66. The lowest BCUT2D eigenvalue weighted by atomic mass is 10.1. The first kappa shape index (κ1) is 13.9. The van der Waals surface area contributed by atoms with Crippen LogP contribution >= 0.6 is 0 Å². The van der Waals surface area contributed by atoms with Gasteiger partial charge in [-0.1, -0.05) is 12.1 Å². The minimum Gasteiger partial charge on any atom is -0.356 e. The third-order valence-corrected chi connectivity index (χ3v) is 4.17. The molecule has 0 bridgehead atoms. The number of anilines is 3. The van der Waals surface area contributed by atoms with Crippen LogP contribution in [0.25, 0.3) is 0 Å². The number of aryl methyl sites for hydroxylation is 1. The largest absolute Gasteiger partial charge is 0.356 e. The van der Waals surface area contributed by atoms with Crippen molar-refractivity contribution in [2.45, 2.75) is 33.1 Å². The average Bonchev–Trinajstić information content (AvgIpc) is 2.53. The topological polar surface area (TPSA) is 41.1 Å². The van der Waals surface area contributed by atoms with Gasteiger partial charge >= 0.3 is 0 Å².